The minimum absolute atomic E-state index is 0.279. The van der Waals surface area contributed by atoms with E-state index in [0.717, 1.165) is 23.4 Å². The van der Waals surface area contributed by atoms with E-state index in [1.807, 2.05) is 11.8 Å². The Hall–Kier alpha value is -0.180. The number of aliphatic imine (C=N–C) groups is 1. The fourth-order valence-corrected chi connectivity index (χ4v) is 2.91. The third-order valence-corrected chi connectivity index (χ3v) is 4.45. The molecule has 3 heteroatoms. The van der Waals surface area contributed by atoms with Crippen molar-refractivity contribution in [1.29, 1.82) is 0 Å². The molecular formula is C13H26N2S. The number of nitrogens with one attached hydrogen (secondary N) is 1. The maximum Gasteiger partial charge on any atom is 0.157 e. The monoisotopic (exact) mass is 242 g/mol. The van der Waals surface area contributed by atoms with Crippen LogP contribution < -0.4 is 5.32 Å². The molecule has 0 saturated carbocycles. The zero-order chi connectivity index (χ0) is 12.0. The smallest absolute Gasteiger partial charge is 0.157 e. The summed E-state index contributed by atoms with van der Waals surface area (Å²) in [5.41, 5.74) is 0.279. The first-order valence-corrected chi connectivity index (χ1v) is 7.50. The minimum atomic E-state index is 0.279. The molecule has 1 heterocycles. The molecule has 1 aliphatic heterocycles. The van der Waals surface area contributed by atoms with E-state index in [0.29, 0.717) is 0 Å². The second-order valence-corrected chi connectivity index (χ2v) is 6.37. The number of amidine groups is 1. The van der Waals surface area contributed by atoms with Gasteiger partial charge < -0.3 is 5.32 Å². The van der Waals surface area contributed by atoms with E-state index in [4.69, 9.17) is 0 Å². The fraction of sp³-hybridized carbons (Fsp3) is 0.923. The fourth-order valence-electron chi connectivity index (χ4n) is 1.68. The van der Waals surface area contributed by atoms with E-state index in [-0.39, 0.29) is 5.54 Å². The third-order valence-electron chi connectivity index (χ3n) is 3.16. The van der Waals surface area contributed by atoms with Gasteiger partial charge in [-0.1, -0.05) is 45.4 Å². The van der Waals surface area contributed by atoms with Gasteiger partial charge in [0.1, 0.15) is 0 Å². The van der Waals surface area contributed by atoms with Crippen molar-refractivity contribution in [2.24, 2.45) is 10.9 Å². The molecule has 1 aliphatic rings. The molecule has 0 bridgehead atoms. The van der Waals surface area contributed by atoms with Crippen molar-refractivity contribution < 1.29 is 0 Å². The third kappa shape index (κ3) is 4.77. The Morgan fingerprint density at radius 3 is 2.75 bits per heavy atom. The zero-order valence-electron chi connectivity index (χ0n) is 11.2. The van der Waals surface area contributed by atoms with Crippen molar-refractivity contribution in [2.75, 3.05) is 12.3 Å². The normalized spacial score (nSPS) is 27.7. The minimum Gasteiger partial charge on any atom is -0.359 e. The highest BCUT2D eigenvalue weighted by molar-refractivity contribution is 8.14. The van der Waals surface area contributed by atoms with Gasteiger partial charge in [-0.3, -0.25) is 4.99 Å². The first-order valence-electron chi connectivity index (χ1n) is 6.51. The van der Waals surface area contributed by atoms with Crippen molar-refractivity contribution in [3.05, 3.63) is 0 Å². The molecule has 0 spiro atoms. The summed E-state index contributed by atoms with van der Waals surface area (Å²) >= 11 is 1.88. The van der Waals surface area contributed by atoms with Gasteiger partial charge in [-0.05, 0) is 25.7 Å². The average Bonchev–Trinajstić information content (AvgIpc) is 2.61. The van der Waals surface area contributed by atoms with Gasteiger partial charge in [0, 0.05) is 17.8 Å². The summed E-state index contributed by atoms with van der Waals surface area (Å²) in [5, 5.41) is 4.69. The highest BCUT2D eigenvalue weighted by Gasteiger charge is 2.30. The number of unbranched alkanes of at least 4 members (excludes halogenated alkanes) is 1. The molecule has 0 radical (unpaired) electrons. The van der Waals surface area contributed by atoms with Crippen LogP contribution in [0.15, 0.2) is 4.99 Å². The van der Waals surface area contributed by atoms with Gasteiger partial charge in [-0.15, -0.1) is 0 Å². The Bertz CT molecular complexity index is 238. The van der Waals surface area contributed by atoms with Crippen molar-refractivity contribution in [1.82, 2.24) is 5.32 Å². The zero-order valence-corrected chi connectivity index (χ0v) is 12.0. The van der Waals surface area contributed by atoms with Gasteiger partial charge in [0.25, 0.3) is 0 Å². The van der Waals surface area contributed by atoms with Crippen molar-refractivity contribution in [3.63, 3.8) is 0 Å². The Labute approximate surface area is 105 Å². The van der Waals surface area contributed by atoms with Crippen LogP contribution in [0.3, 0.4) is 0 Å². The molecule has 16 heavy (non-hydrogen) atoms. The van der Waals surface area contributed by atoms with Crippen LogP contribution in [0.25, 0.3) is 0 Å². The quantitative estimate of drug-likeness (QED) is 0.719. The lowest BCUT2D eigenvalue weighted by Crippen LogP contribution is -2.39. The van der Waals surface area contributed by atoms with Gasteiger partial charge in [0.05, 0.1) is 0 Å². The highest BCUT2D eigenvalue weighted by atomic mass is 32.2. The molecule has 94 valence electrons. The van der Waals surface area contributed by atoms with Gasteiger partial charge in [0.2, 0.25) is 0 Å². The molecule has 0 amide bonds. The Morgan fingerprint density at radius 1 is 1.44 bits per heavy atom. The summed E-state index contributed by atoms with van der Waals surface area (Å²) in [7, 11) is 0. The van der Waals surface area contributed by atoms with Crippen LogP contribution in [0.2, 0.25) is 0 Å². The van der Waals surface area contributed by atoms with Crippen molar-refractivity contribution in [2.45, 2.75) is 58.9 Å². The molecule has 1 N–H and O–H groups in total. The molecule has 1 unspecified atom stereocenters. The molecule has 0 aromatic carbocycles. The van der Waals surface area contributed by atoms with Crippen LogP contribution in [-0.2, 0) is 0 Å². The van der Waals surface area contributed by atoms with E-state index < -0.39 is 0 Å². The Balaban J connectivity index is 2.17. The maximum absolute atomic E-state index is 4.63. The van der Waals surface area contributed by atoms with Crippen molar-refractivity contribution in [3.8, 4) is 0 Å². The second-order valence-electron chi connectivity index (χ2n) is 5.40. The Morgan fingerprint density at radius 2 is 2.19 bits per heavy atom. The summed E-state index contributed by atoms with van der Waals surface area (Å²) < 4.78 is 0. The number of rotatable bonds is 6. The molecule has 0 aliphatic carbocycles. The van der Waals surface area contributed by atoms with Crippen LogP contribution in [0.4, 0.5) is 0 Å². The van der Waals surface area contributed by atoms with E-state index in [1.165, 1.54) is 25.7 Å². The first kappa shape index (κ1) is 13.9. The molecule has 1 saturated heterocycles. The number of hydrogen-bond donors (Lipinski definition) is 1. The van der Waals surface area contributed by atoms with Crippen LogP contribution in [0.1, 0.15) is 53.4 Å². The van der Waals surface area contributed by atoms with Crippen LogP contribution in [0, 0.1) is 5.92 Å². The summed E-state index contributed by atoms with van der Waals surface area (Å²) in [6.07, 6.45) is 5.04. The van der Waals surface area contributed by atoms with Crippen LogP contribution >= 0.6 is 11.8 Å². The predicted octanol–water partition coefficient (Wildman–Crippen LogP) is 3.67. The molecule has 1 fully saturated rings. The lowest BCUT2D eigenvalue weighted by atomic mass is 10.0. The molecule has 1 rings (SSSR count). The van der Waals surface area contributed by atoms with E-state index in [2.05, 4.69) is 38.0 Å². The number of thioether (sulfide) groups is 1. The predicted molar refractivity (Wildman–Crippen MR) is 75.3 cm³/mol. The topological polar surface area (TPSA) is 24.4 Å². The van der Waals surface area contributed by atoms with Gasteiger partial charge >= 0.3 is 0 Å². The first-order chi connectivity index (χ1) is 7.56. The Kier molecular flexibility index (Phi) is 5.67. The molecule has 2 nitrogen and oxygen atoms in total. The van der Waals surface area contributed by atoms with Gasteiger partial charge in [0.15, 0.2) is 5.17 Å². The summed E-state index contributed by atoms with van der Waals surface area (Å²) in [6.45, 7) is 10.1. The summed E-state index contributed by atoms with van der Waals surface area (Å²) in [6, 6.07) is 0. The number of nitrogens with zero attached hydrogens (tertiary/aromatic N) is 1. The molecule has 0 aromatic rings. The van der Waals surface area contributed by atoms with Crippen LogP contribution in [0.5, 0.6) is 0 Å². The maximum atomic E-state index is 4.63. The largest absolute Gasteiger partial charge is 0.359 e. The van der Waals surface area contributed by atoms with Crippen LogP contribution in [-0.4, -0.2) is 23.0 Å². The van der Waals surface area contributed by atoms with E-state index in [9.17, 15) is 0 Å². The molecular weight excluding hydrogens is 216 g/mol. The lowest BCUT2D eigenvalue weighted by Gasteiger charge is -2.20. The van der Waals surface area contributed by atoms with E-state index >= 15 is 0 Å². The van der Waals surface area contributed by atoms with Gasteiger partial charge in [-0.25, -0.2) is 0 Å². The summed E-state index contributed by atoms with van der Waals surface area (Å²) in [5.74, 6) is 1.99. The van der Waals surface area contributed by atoms with Crippen molar-refractivity contribution >= 4 is 16.9 Å². The van der Waals surface area contributed by atoms with E-state index in [1.54, 1.807) is 0 Å². The summed E-state index contributed by atoms with van der Waals surface area (Å²) in [4.78, 5) is 4.63. The average molecular weight is 242 g/mol. The standard InChI is InChI=1S/C13H26N2S/c1-5-13(4)10-16-12(15-13)14-9-7-6-8-11(2)3/h11H,5-10H2,1-4H3,(H,14,15). The highest BCUT2D eigenvalue weighted by Crippen LogP contribution is 2.25. The number of hydrogen-bond acceptors (Lipinski definition) is 2. The second kappa shape index (κ2) is 6.53. The molecule has 0 aromatic heterocycles. The van der Waals surface area contributed by atoms with Gasteiger partial charge in [-0.2, -0.15) is 0 Å². The lowest BCUT2D eigenvalue weighted by molar-refractivity contribution is 0.466. The SMILES string of the molecule is CCC1(C)CSC(=NCCCCC(C)C)N1. The molecule has 1 atom stereocenters.